The molecule has 0 aromatic carbocycles. The third kappa shape index (κ3) is 1.56. The summed E-state index contributed by atoms with van der Waals surface area (Å²) in [5.41, 5.74) is 1.48. The SMILES string of the molecule is N#CB1CCCn2nc(C=O)cc2C1. The maximum atomic E-state index is 10.5. The molecule has 0 fully saturated rings. The Morgan fingerprint density at radius 2 is 2.57 bits per heavy atom. The van der Waals surface area contributed by atoms with Gasteiger partial charge in [0.15, 0.2) is 6.29 Å². The molecule has 0 spiro atoms. The summed E-state index contributed by atoms with van der Waals surface area (Å²) >= 11 is 0. The van der Waals surface area contributed by atoms with Gasteiger partial charge in [-0.2, -0.15) is 5.10 Å². The van der Waals surface area contributed by atoms with E-state index in [2.05, 4.69) is 11.1 Å². The summed E-state index contributed by atoms with van der Waals surface area (Å²) in [5.74, 6) is 2.28. The first-order chi connectivity index (χ1) is 6.83. The number of carbonyl (C=O) groups is 1. The van der Waals surface area contributed by atoms with E-state index in [1.165, 1.54) is 0 Å². The van der Waals surface area contributed by atoms with Crippen LogP contribution in [-0.2, 0) is 12.9 Å². The first-order valence-electron chi connectivity index (χ1n) is 4.75. The molecule has 1 aromatic rings. The van der Waals surface area contributed by atoms with Crippen molar-refractivity contribution in [3.05, 3.63) is 17.5 Å². The highest BCUT2D eigenvalue weighted by Crippen LogP contribution is 2.14. The number of aromatic nitrogens is 2. The Balaban J connectivity index is 2.30. The predicted octanol–water partition coefficient (Wildman–Crippen LogP) is 0.739. The fourth-order valence-electron chi connectivity index (χ4n) is 1.85. The summed E-state index contributed by atoms with van der Waals surface area (Å²) in [6.45, 7) is 0.897. The second kappa shape index (κ2) is 3.66. The number of hydrogen-bond acceptors (Lipinski definition) is 3. The Hall–Kier alpha value is -1.57. The van der Waals surface area contributed by atoms with Gasteiger partial charge in [0.25, 0.3) is 6.71 Å². The third-order valence-electron chi connectivity index (χ3n) is 2.56. The largest absolute Gasteiger partial charge is 0.296 e. The number of fused-ring (bicyclic) bond motifs is 1. The summed E-state index contributed by atoms with van der Waals surface area (Å²) < 4.78 is 1.85. The van der Waals surface area contributed by atoms with Crippen LogP contribution in [0.15, 0.2) is 6.07 Å². The zero-order valence-electron chi connectivity index (χ0n) is 7.81. The van der Waals surface area contributed by atoms with Gasteiger partial charge in [-0.15, -0.1) is 0 Å². The second-order valence-corrected chi connectivity index (χ2v) is 3.57. The standard InChI is InChI=1S/C9H10BN3O/c11-7-10-2-1-3-13-9(5-10)4-8(6-14)12-13/h4,6H,1-3,5H2. The average molecular weight is 187 g/mol. The van der Waals surface area contributed by atoms with Crippen molar-refractivity contribution in [2.24, 2.45) is 0 Å². The maximum absolute atomic E-state index is 10.5. The van der Waals surface area contributed by atoms with Crippen LogP contribution in [0.3, 0.4) is 0 Å². The van der Waals surface area contributed by atoms with Crippen LogP contribution < -0.4 is 0 Å². The third-order valence-corrected chi connectivity index (χ3v) is 2.56. The molecule has 2 rings (SSSR count). The van der Waals surface area contributed by atoms with Crippen LogP contribution in [0.25, 0.3) is 0 Å². The highest BCUT2D eigenvalue weighted by molar-refractivity contribution is 6.66. The normalized spacial score (nSPS) is 15.5. The zero-order chi connectivity index (χ0) is 9.97. The van der Waals surface area contributed by atoms with Crippen LogP contribution in [-0.4, -0.2) is 22.8 Å². The van der Waals surface area contributed by atoms with E-state index in [0.29, 0.717) is 5.69 Å². The van der Waals surface area contributed by atoms with Crippen LogP contribution in [0.2, 0.25) is 6.32 Å². The van der Waals surface area contributed by atoms with E-state index in [9.17, 15) is 4.79 Å². The fraction of sp³-hybridized carbons (Fsp3) is 0.444. The molecule has 1 aliphatic heterocycles. The number of nitrogens with zero attached hydrogens (tertiary/aromatic N) is 3. The summed E-state index contributed by atoms with van der Waals surface area (Å²) in [6.07, 6.45) is 3.36. The molecule has 0 saturated heterocycles. The Kier molecular flexibility index (Phi) is 2.36. The van der Waals surface area contributed by atoms with Crippen molar-refractivity contribution in [1.29, 1.82) is 5.26 Å². The minimum Gasteiger partial charge on any atom is -0.296 e. The van der Waals surface area contributed by atoms with Gasteiger partial charge < -0.3 is 0 Å². The smallest absolute Gasteiger partial charge is 0.273 e. The van der Waals surface area contributed by atoms with Gasteiger partial charge in [0.1, 0.15) is 5.69 Å². The van der Waals surface area contributed by atoms with Gasteiger partial charge >= 0.3 is 0 Å². The van der Waals surface area contributed by atoms with Crippen LogP contribution in [0.1, 0.15) is 22.6 Å². The van der Waals surface area contributed by atoms with E-state index in [4.69, 9.17) is 5.26 Å². The first kappa shape index (κ1) is 9.01. The van der Waals surface area contributed by atoms with Crippen LogP contribution >= 0.6 is 0 Å². The minimum absolute atomic E-state index is 0.0763. The average Bonchev–Trinajstić information content (AvgIpc) is 2.50. The molecule has 5 heteroatoms. The van der Waals surface area contributed by atoms with E-state index < -0.39 is 0 Å². The monoisotopic (exact) mass is 187 g/mol. The Morgan fingerprint density at radius 3 is 3.29 bits per heavy atom. The van der Waals surface area contributed by atoms with E-state index in [0.717, 1.165) is 37.6 Å². The predicted molar refractivity (Wildman–Crippen MR) is 52.1 cm³/mol. The molecular formula is C9H10BN3O. The van der Waals surface area contributed by atoms with Gasteiger partial charge in [0.2, 0.25) is 0 Å². The van der Waals surface area contributed by atoms with E-state index in [-0.39, 0.29) is 6.71 Å². The highest BCUT2D eigenvalue weighted by atomic mass is 16.1. The molecule has 0 atom stereocenters. The molecule has 1 aliphatic rings. The van der Waals surface area contributed by atoms with Crippen LogP contribution in [0, 0.1) is 11.2 Å². The van der Waals surface area contributed by atoms with E-state index >= 15 is 0 Å². The molecule has 1 aromatic heterocycles. The van der Waals surface area contributed by atoms with Crippen molar-refractivity contribution in [1.82, 2.24) is 9.78 Å². The minimum atomic E-state index is 0.0763. The van der Waals surface area contributed by atoms with Crippen molar-refractivity contribution in [2.75, 3.05) is 0 Å². The van der Waals surface area contributed by atoms with E-state index in [1.54, 1.807) is 6.07 Å². The number of nitriles is 1. The Bertz CT molecular complexity index is 393. The van der Waals surface area contributed by atoms with Crippen molar-refractivity contribution in [2.45, 2.75) is 25.6 Å². The Labute approximate surface area is 82.6 Å². The van der Waals surface area contributed by atoms with Crippen molar-refractivity contribution < 1.29 is 4.79 Å². The quantitative estimate of drug-likeness (QED) is 0.481. The van der Waals surface area contributed by atoms with Crippen molar-refractivity contribution >= 4 is 13.0 Å². The molecule has 0 N–H and O–H groups in total. The lowest BCUT2D eigenvalue weighted by Crippen LogP contribution is -2.13. The highest BCUT2D eigenvalue weighted by Gasteiger charge is 2.21. The van der Waals surface area contributed by atoms with Crippen molar-refractivity contribution in [3.63, 3.8) is 0 Å². The topological polar surface area (TPSA) is 58.7 Å². The van der Waals surface area contributed by atoms with Crippen LogP contribution in [0.5, 0.6) is 0 Å². The molecule has 70 valence electrons. The lowest BCUT2D eigenvalue weighted by Gasteiger charge is -1.99. The molecule has 2 heterocycles. The number of aldehydes is 1. The van der Waals surface area contributed by atoms with Gasteiger partial charge in [-0.1, -0.05) is 6.32 Å². The fourth-order valence-corrected chi connectivity index (χ4v) is 1.85. The molecule has 4 nitrogen and oxygen atoms in total. The number of aryl methyl sites for hydroxylation is 1. The summed E-state index contributed by atoms with van der Waals surface area (Å²) in [4.78, 5) is 10.5. The molecule has 14 heavy (non-hydrogen) atoms. The van der Waals surface area contributed by atoms with E-state index in [1.807, 2.05) is 4.68 Å². The lowest BCUT2D eigenvalue weighted by atomic mass is 9.46. The lowest BCUT2D eigenvalue weighted by molar-refractivity contribution is 0.111. The van der Waals surface area contributed by atoms with Gasteiger partial charge in [0.05, 0.1) is 0 Å². The Morgan fingerprint density at radius 1 is 1.71 bits per heavy atom. The summed E-state index contributed by atoms with van der Waals surface area (Å²) in [5, 5.41) is 13.0. The molecular weight excluding hydrogens is 177 g/mol. The summed E-state index contributed by atoms with van der Waals surface area (Å²) in [7, 11) is 0. The molecule has 0 saturated carbocycles. The molecule has 0 unspecified atom stereocenters. The maximum Gasteiger partial charge on any atom is 0.273 e. The number of hydrogen-bond donors (Lipinski definition) is 0. The van der Waals surface area contributed by atoms with Gasteiger partial charge in [0, 0.05) is 18.2 Å². The van der Waals surface area contributed by atoms with Crippen LogP contribution in [0.4, 0.5) is 0 Å². The molecule has 0 aliphatic carbocycles. The van der Waals surface area contributed by atoms with Gasteiger partial charge in [-0.05, 0) is 18.8 Å². The second-order valence-electron chi connectivity index (χ2n) is 3.57. The number of rotatable bonds is 1. The summed E-state index contributed by atoms with van der Waals surface area (Å²) in [6, 6.07) is 1.78. The van der Waals surface area contributed by atoms with Gasteiger partial charge in [-0.25, -0.2) is 5.26 Å². The molecule has 0 amide bonds. The molecule has 0 radical (unpaired) electrons. The zero-order valence-corrected chi connectivity index (χ0v) is 7.81. The molecule has 0 bridgehead atoms. The van der Waals surface area contributed by atoms with Crippen molar-refractivity contribution in [3.8, 4) is 5.97 Å². The first-order valence-corrected chi connectivity index (χ1v) is 4.75. The van der Waals surface area contributed by atoms with Gasteiger partial charge in [-0.3, -0.25) is 9.48 Å². The number of carbonyl (C=O) groups excluding carboxylic acids is 1.